The first-order valence-electron chi connectivity index (χ1n) is 4.22. The van der Waals surface area contributed by atoms with Crippen LogP contribution in [0.3, 0.4) is 0 Å². The van der Waals surface area contributed by atoms with E-state index in [-0.39, 0.29) is 17.8 Å². The first kappa shape index (κ1) is 10.8. The number of hydrogen-bond donors (Lipinski definition) is 4. The molecule has 1 rings (SSSR count). The minimum Gasteiger partial charge on any atom is -0.399 e. The molecule has 0 fully saturated rings. The zero-order chi connectivity index (χ0) is 11.4. The van der Waals surface area contributed by atoms with Crippen LogP contribution < -0.4 is 22.5 Å². The van der Waals surface area contributed by atoms with Crippen molar-refractivity contribution in [3.05, 3.63) is 23.8 Å². The molecule has 2 amide bonds. The van der Waals surface area contributed by atoms with Crippen LogP contribution >= 0.6 is 0 Å². The van der Waals surface area contributed by atoms with E-state index >= 15 is 0 Å². The number of anilines is 2. The second-order valence-electron chi connectivity index (χ2n) is 3.00. The molecule has 0 aliphatic rings. The van der Waals surface area contributed by atoms with Gasteiger partial charge in [-0.15, -0.1) is 0 Å². The van der Waals surface area contributed by atoms with E-state index in [9.17, 15) is 9.59 Å². The van der Waals surface area contributed by atoms with Crippen molar-refractivity contribution in [2.75, 3.05) is 18.0 Å². The van der Waals surface area contributed by atoms with E-state index in [1.807, 2.05) is 0 Å². The van der Waals surface area contributed by atoms with Gasteiger partial charge >= 0.3 is 0 Å². The second kappa shape index (κ2) is 4.32. The summed E-state index contributed by atoms with van der Waals surface area (Å²) in [6.45, 7) is -0.220. The Hall–Kier alpha value is -2.24. The molecule has 0 saturated carbocycles. The van der Waals surface area contributed by atoms with Crippen molar-refractivity contribution in [2.45, 2.75) is 0 Å². The number of nitrogens with two attached hydrogens (primary N) is 3. The van der Waals surface area contributed by atoms with Gasteiger partial charge in [-0.05, 0) is 18.2 Å². The molecule has 15 heavy (non-hydrogen) atoms. The molecule has 1 aromatic carbocycles. The van der Waals surface area contributed by atoms with E-state index < -0.39 is 11.8 Å². The minimum absolute atomic E-state index is 0.220. The highest BCUT2D eigenvalue weighted by Gasteiger charge is 2.09. The molecule has 6 nitrogen and oxygen atoms in total. The van der Waals surface area contributed by atoms with Crippen LogP contribution in [-0.2, 0) is 4.79 Å². The van der Waals surface area contributed by atoms with Crippen LogP contribution in [0.4, 0.5) is 11.4 Å². The number of hydrogen-bond acceptors (Lipinski definition) is 4. The van der Waals surface area contributed by atoms with Gasteiger partial charge in [0.15, 0.2) is 0 Å². The van der Waals surface area contributed by atoms with Gasteiger partial charge in [0.1, 0.15) is 0 Å². The van der Waals surface area contributed by atoms with E-state index in [4.69, 9.17) is 17.2 Å². The monoisotopic (exact) mass is 208 g/mol. The van der Waals surface area contributed by atoms with Crippen LogP contribution in [0, 0.1) is 0 Å². The lowest BCUT2D eigenvalue weighted by Gasteiger charge is -2.06. The van der Waals surface area contributed by atoms with Crippen molar-refractivity contribution in [1.82, 2.24) is 5.32 Å². The highest BCUT2D eigenvalue weighted by Crippen LogP contribution is 2.15. The Balaban J connectivity index is 2.78. The van der Waals surface area contributed by atoms with E-state index in [0.717, 1.165) is 0 Å². The maximum Gasteiger partial charge on any atom is 0.253 e. The lowest BCUT2D eigenvalue weighted by atomic mass is 10.1. The van der Waals surface area contributed by atoms with E-state index in [0.29, 0.717) is 5.69 Å². The average Bonchev–Trinajstić information content (AvgIpc) is 2.14. The van der Waals surface area contributed by atoms with Crippen molar-refractivity contribution in [3.8, 4) is 0 Å². The third-order valence-electron chi connectivity index (χ3n) is 1.74. The molecule has 0 aromatic heterocycles. The third kappa shape index (κ3) is 2.87. The summed E-state index contributed by atoms with van der Waals surface area (Å²) in [5, 5.41) is 2.32. The standard InChI is InChI=1S/C9H12N4O2/c10-5-1-2-6(7(11)3-5)9(15)13-4-8(12)14/h1-3H,4,10-11H2,(H2,12,14)(H,13,15). The Bertz CT molecular complexity index is 403. The van der Waals surface area contributed by atoms with Gasteiger partial charge in [0.2, 0.25) is 5.91 Å². The molecule has 80 valence electrons. The molecule has 0 bridgehead atoms. The molecule has 7 N–H and O–H groups in total. The molecule has 0 aliphatic carbocycles. The third-order valence-corrected chi connectivity index (χ3v) is 1.74. The molecule has 0 radical (unpaired) electrons. The highest BCUT2D eigenvalue weighted by atomic mass is 16.2. The number of benzene rings is 1. The predicted molar refractivity (Wildman–Crippen MR) is 56.8 cm³/mol. The molecule has 0 heterocycles. The Morgan fingerprint density at radius 2 is 1.93 bits per heavy atom. The molecule has 0 spiro atoms. The second-order valence-corrected chi connectivity index (χ2v) is 3.00. The van der Waals surface area contributed by atoms with Crippen LogP contribution in [0.15, 0.2) is 18.2 Å². The predicted octanol–water partition coefficient (Wildman–Crippen LogP) is -0.934. The van der Waals surface area contributed by atoms with Gasteiger partial charge in [-0.1, -0.05) is 0 Å². The zero-order valence-corrected chi connectivity index (χ0v) is 7.99. The maximum atomic E-state index is 11.4. The topological polar surface area (TPSA) is 124 Å². The molecule has 0 atom stereocenters. The molecule has 0 unspecified atom stereocenters. The van der Waals surface area contributed by atoms with Gasteiger partial charge in [-0.3, -0.25) is 9.59 Å². The summed E-state index contributed by atoms with van der Waals surface area (Å²) >= 11 is 0. The van der Waals surface area contributed by atoms with Crippen LogP contribution in [0.2, 0.25) is 0 Å². The first-order valence-corrected chi connectivity index (χ1v) is 4.22. The summed E-state index contributed by atoms with van der Waals surface area (Å²) < 4.78 is 0. The Labute approximate surface area is 86.4 Å². The summed E-state index contributed by atoms with van der Waals surface area (Å²) in [6, 6.07) is 4.51. The van der Waals surface area contributed by atoms with Crippen molar-refractivity contribution < 1.29 is 9.59 Å². The number of nitrogen functional groups attached to an aromatic ring is 2. The number of rotatable bonds is 3. The normalized spacial score (nSPS) is 9.60. The smallest absolute Gasteiger partial charge is 0.253 e. The summed E-state index contributed by atoms with van der Waals surface area (Å²) in [4.78, 5) is 21.9. The highest BCUT2D eigenvalue weighted by molar-refractivity contribution is 6.01. The molecular weight excluding hydrogens is 196 g/mol. The van der Waals surface area contributed by atoms with Gasteiger partial charge in [-0.25, -0.2) is 0 Å². The van der Waals surface area contributed by atoms with Crippen LogP contribution in [0.5, 0.6) is 0 Å². The minimum atomic E-state index is -0.614. The molecule has 1 aromatic rings. The number of carbonyl (C=O) groups excluding carboxylic acids is 2. The number of nitrogens with one attached hydrogen (secondary N) is 1. The largest absolute Gasteiger partial charge is 0.399 e. The summed E-state index contributed by atoms with van der Waals surface area (Å²) in [7, 11) is 0. The summed E-state index contributed by atoms with van der Waals surface area (Å²) in [6.07, 6.45) is 0. The van der Waals surface area contributed by atoms with E-state index in [2.05, 4.69) is 5.32 Å². The summed E-state index contributed by atoms with van der Waals surface area (Å²) in [5.74, 6) is -1.07. The van der Waals surface area contributed by atoms with E-state index in [1.54, 1.807) is 6.07 Å². The Kier molecular flexibility index (Phi) is 3.12. The molecule has 0 aliphatic heterocycles. The first-order chi connectivity index (χ1) is 7.00. The van der Waals surface area contributed by atoms with Gasteiger partial charge in [-0.2, -0.15) is 0 Å². The summed E-state index contributed by atoms with van der Waals surface area (Å²) in [5.41, 5.74) is 16.9. The Morgan fingerprint density at radius 1 is 1.27 bits per heavy atom. The van der Waals surface area contributed by atoms with Gasteiger partial charge in [0, 0.05) is 11.4 Å². The average molecular weight is 208 g/mol. The lowest BCUT2D eigenvalue weighted by molar-refractivity contribution is -0.117. The van der Waals surface area contributed by atoms with Crippen molar-refractivity contribution in [2.24, 2.45) is 5.73 Å². The number of primary amides is 1. The molecule has 6 heteroatoms. The zero-order valence-electron chi connectivity index (χ0n) is 7.99. The van der Waals surface area contributed by atoms with Gasteiger partial charge < -0.3 is 22.5 Å². The van der Waals surface area contributed by atoms with Crippen molar-refractivity contribution in [1.29, 1.82) is 0 Å². The quantitative estimate of drug-likeness (QED) is 0.479. The van der Waals surface area contributed by atoms with Crippen LogP contribution in [0.25, 0.3) is 0 Å². The number of amides is 2. The van der Waals surface area contributed by atoms with Gasteiger partial charge in [0.05, 0.1) is 12.1 Å². The molecule has 0 saturated heterocycles. The Morgan fingerprint density at radius 3 is 2.47 bits per heavy atom. The van der Waals surface area contributed by atoms with E-state index in [1.165, 1.54) is 12.1 Å². The number of carbonyl (C=O) groups is 2. The molecular formula is C9H12N4O2. The van der Waals surface area contributed by atoms with Crippen LogP contribution in [0.1, 0.15) is 10.4 Å². The fourth-order valence-electron chi connectivity index (χ4n) is 1.05. The van der Waals surface area contributed by atoms with Gasteiger partial charge in [0.25, 0.3) is 5.91 Å². The van der Waals surface area contributed by atoms with Crippen LogP contribution in [-0.4, -0.2) is 18.4 Å². The fourth-order valence-corrected chi connectivity index (χ4v) is 1.05. The van der Waals surface area contributed by atoms with Crippen molar-refractivity contribution in [3.63, 3.8) is 0 Å². The van der Waals surface area contributed by atoms with Crippen molar-refractivity contribution >= 4 is 23.2 Å². The SMILES string of the molecule is NC(=O)CNC(=O)c1ccc(N)cc1N. The fraction of sp³-hybridized carbons (Fsp3) is 0.111. The lowest BCUT2D eigenvalue weighted by Crippen LogP contribution is -2.33. The maximum absolute atomic E-state index is 11.4.